The molecule has 1 aliphatic rings. The number of methoxy groups -OCH3 is 1. The number of aromatic nitrogens is 1. The fraction of sp³-hybridized carbons (Fsp3) is 0.368. The highest BCUT2D eigenvalue weighted by atomic mass is 16.5. The molecule has 2 N–H and O–H groups in total. The lowest BCUT2D eigenvalue weighted by Crippen LogP contribution is -2.45. The van der Waals surface area contributed by atoms with Crippen molar-refractivity contribution in [2.75, 3.05) is 32.2 Å². The summed E-state index contributed by atoms with van der Waals surface area (Å²) >= 11 is 0. The second-order valence-corrected chi connectivity index (χ2v) is 6.14. The summed E-state index contributed by atoms with van der Waals surface area (Å²) in [5.41, 5.74) is 1.06. The summed E-state index contributed by atoms with van der Waals surface area (Å²) in [4.78, 5) is 16.3. The number of carbonyl (C=O) groups excluding carboxylic acids is 1. The van der Waals surface area contributed by atoms with E-state index in [1.807, 2.05) is 24.3 Å². The fourth-order valence-corrected chi connectivity index (χ4v) is 3.12. The topological polar surface area (TPSA) is 72.5 Å². The Kier molecular flexibility index (Phi) is 5.50. The number of hydrogen-bond donors (Lipinski definition) is 2. The minimum absolute atomic E-state index is 0.133. The maximum atomic E-state index is 12.2. The van der Waals surface area contributed by atoms with E-state index < -0.39 is 0 Å². The summed E-state index contributed by atoms with van der Waals surface area (Å²) < 4.78 is 10.8. The van der Waals surface area contributed by atoms with Gasteiger partial charge in [-0.15, -0.1) is 0 Å². The van der Waals surface area contributed by atoms with Crippen molar-refractivity contribution in [1.29, 1.82) is 0 Å². The van der Waals surface area contributed by atoms with E-state index in [0.717, 1.165) is 18.6 Å². The first-order valence-corrected chi connectivity index (χ1v) is 8.40. The monoisotopic (exact) mass is 341 g/mol. The summed E-state index contributed by atoms with van der Waals surface area (Å²) in [7, 11) is 1.66. The van der Waals surface area contributed by atoms with Gasteiger partial charge in [-0.1, -0.05) is 18.2 Å². The van der Waals surface area contributed by atoms with Crippen LogP contribution in [0.5, 0.6) is 5.75 Å². The maximum absolute atomic E-state index is 12.2. The van der Waals surface area contributed by atoms with Gasteiger partial charge in [0.2, 0.25) is 0 Å². The zero-order chi connectivity index (χ0) is 17.5. The Morgan fingerprint density at radius 2 is 1.96 bits per heavy atom. The van der Waals surface area contributed by atoms with Gasteiger partial charge in [-0.3, -0.25) is 5.32 Å². The third kappa shape index (κ3) is 4.28. The molecule has 1 aromatic carbocycles. The number of hydrogen-bond acceptors (Lipinski definition) is 4. The Morgan fingerprint density at radius 1 is 1.20 bits per heavy atom. The van der Waals surface area contributed by atoms with Gasteiger partial charge in [0.15, 0.2) is 0 Å². The van der Waals surface area contributed by atoms with Crippen molar-refractivity contribution < 1.29 is 14.3 Å². The van der Waals surface area contributed by atoms with Crippen LogP contribution in [0.25, 0.3) is 0 Å². The van der Waals surface area contributed by atoms with Crippen LogP contribution in [0.1, 0.15) is 18.4 Å². The van der Waals surface area contributed by atoms with Gasteiger partial charge in [0.05, 0.1) is 7.11 Å². The number of pyridine rings is 1. The Morgan fingerprint density at radius 3 is 2.60 bits per heavy atom. The highest BCUT2D eigenvalue weighted by molar-refractivity contribution is 5.88. The molecule has 25 heavy (non-hydrogen) atoms. The molecule has 0 aliphatic carbocycles. The molecule has 132 valence electrons. The first-order chi connectivity index (χ1) is 12.2. The molecular weight excluding hydrogens is 318 g/mol. The Balaban J connectivity index is 1.69. The van der Waals surface area contributed by atoms with Crippen molar-refractivity contribution in [2.45, 2.75) is 18.3 Å². The van der Waals surface area contributed by atoms with Crippen LogP contribution in [0.15, 0.2) is 48.7 Å². The van der Waals surface area contributed by atoms with E-state index in [9.17, 15) is 4.79 Å². The van der Waals surface area contributed by atoms with E-state index in [1.54, 1.807) is 19.4 Å². The van der Waals surface area contributed by atoms with Gasteiger partial charge in [0.1, 0.15) is 11.6 Å². The molecular formula is C19H23N3O3. The van der Waals surface area contributed by atoms with Gasteiger partial charge in [-0.2, -0.15) is 0 Å². The second-order valence-electron chi connectivity index (χ2n) is 6.14. The van der Waals surface area contributed by atoms with Crippen LogP contribution in [0.4, 0.5) is 10.6 Å². The van der Waals surface area contributed by atoms with Crippen molar-refractivity contribution in [3.05, 3.63) is 54.2 Å². The van der Waals surface area contributed by atoms with Gasteiger partial charge in [0, 0.05) is 31.4 Å². The lowest BCUT2D eigenvalue weighted by Gasteiger charge is -2.38. The van der Waals surface area contributed by atoms with Gasteiger partial charge >= 0.3 is 6.03 Å². The molecule has 1 saturated heterocycles. The lowest BCUT2D eigenvalue weighted by atomic mass is 9.74. The van der Waals surface area contributed by atoms with Crippen molar-refractivity contribution >= 4 is 11.8 Å². The van der Waals surface area contributed by atoms with Crippen LogP contribution in [-0.4, -0.2) is 37.9 Å². The van der Waals surface area contributed by atoms with Gasteiger partial charge in [-0.25, -0.2) is 9.78 Å². The number of carbonyl (C=O) groups is 1. The molecule has 0 unspecified atom stereocenters. The quantitative estimate of drug-likeness (QED) is 0.877. The van der Waals surface area contributed by atoms with Crippen molar-refractivity contribution in [3.63, 3.8) is 0 Å². The summed E-state index contributed by atoms with van der Waals surface area (Å²) in [5.74, 6) is 1.36. The second kappa shape index (κ2) is 7.98. The normalized spacial score (nSPS) is 16.0. The fourth-order valence-electron chi connectivity index (χ4n) is 3.12. The number of ether oxygens (including phenoxy) is 2. The van der Waals surface area contributed by atoms with Crippen molar-refractivity contribution in [2.24, 2.45) is 0 Å². The summed E-state index contributed by atoms with van der Waals surface area (Å²) in [6.07, 6.45) is 3.37. The van der Waals surface area contributed by atoms with Gasteiger partial charge < -0.3 is 14.8 Å². The molecule has 1 aromatic heterocycles. The molecule has 2 aromatic rings. The van der Waals surface area contributed by atoms with Crippen LogP contribution in [0.3, 0.4) is 0 Å². The van der Waals surface area contributed by atoms with E-state index in [1.165, 1.54) is 5.56 Å². The zero-order valence-electron chi connectivity index (χ0n) is 14.3. The predicted octanol–water partition coefficient (Wildman–Crippen LogP) is 2.96. The van der Waals surface area contributed by atoms with Crippen LogP contribution in [0.2, 0.25) is 0 Å². The molecule has 0 bridgehead atoms. The number of benzene rings is 1. The Labute approximate surface area is 147 Å². The molecule has 0 saturated carbocycles. The van der Waals surface area contributed by atoms with Crippen LogP contribution in [0, 0.1) is 0 Å². The largest absolute Gasteiger partial charge is 0.497 e. The van der Waals surface area contributed by atoms with E-state index in [2.05, 4.69) is 27.8 Å². The molecule has 1 aliphatic heterocycles. The summed E-state index contributed by atoms with van der Waals surface area (Å²) in [5, 5.41) is 5.75. The third-order valence-electron chi connectivity index (χ3n) is 4.65. The minimum atomic E-state index is -0.252. The molecule has 0 atom stereocenters. The van der Waals surface area contributed by atoms with Crippen LogP contribution >= 0.6 is 0 Å². The summed E-state index contributed by atoms with van der Waals surface area (Å²) in [6, 6.07) is 13.2. The first kappa shape index (κ1) is 17.2. The van der Waals surface area contributed by atoms with E-state index in [-0.39, 0.29) is 11.4 Å². The molecule has 1 fully saturated rings. The number of nitrogens with one attached hydrogen (secondary N) is 2. The molecule has 6 nitrogen and oxygen atoms in total. The zero-order valence-corrected chi connectivity index (χ0v) is 14.3. The predicted molar refractivity (Wildman–Crippen MR) is 96.0 cm³/mol. The number of nitrogens with zero attached hydrogens (tertiary/aromatic N) is 1. The van der Waals surface area contributed by atoms with Crippen LogP contribution in [-0.2, 0) is 10.2 Å². The van der Waals surface area contributed by atoms with Gasteiger partial charge in [0.25, 0.3) is 0 Å². The van der Waals surface area contributed by atoms with Crippen molar-refractivity contribution in [3.8, 4) is 5.75 Å². The molecule has 0 radical (unpaired) electrons. The third-order valence-corrected chi connectivity index (χ3v) is 4.65. The standard InChI is InChI=1S/C19H23N3O3/c1-24-16-7-5-15(6-8-16)19(9-12-25-13-10-19)14-21-18(23)22-17-4-2-3-11-20-17/h2-8,11H,9-10,12-14H2,1H3,(H2,20,21,22,23). The number of anilines is 1. The lowest BCUT2D eigenvalue weighted by molar-refractivity contribution is 0.0508. The number of amides is 2. The molecule has 3 rings (SSSR count). The van der Waals surface area contributed by atoms with Crippen molar-refractivity contribution in [1.82, 2.24) is 10.3 Å². The summed E-state index contributed by atoms with van der Waals surface area (Å²) in [6.45, 7) is 1.92. The van der Waals surface area contributed by atoms with E-state index >= 15 is 0 Å². The van der Waals surface area contributed by atoms with E-state index in [4.69, 9.17) is 9.47 Å². The molecule has 2 heterocycles. The first-order valence-electron chi connectivity index (χ1n) is 8.40. The Bertz CT molecular complexity index is 683. The maximum Gasteiger partial charge on any atom is 0.320 e. The van der Waals surface area contributed by atoms with Gasteiger partial charge in [-0.05, 0) is 42.7 Å². The average Bonchev–Trinajstić information content (AvgIpc) is 2.68. The van der Waals surface area contributed by atoms with E-state index in [0.29, 0.717) is 25.6 Å². The minimum Gasteiger partial charge on any atom is -0.497 e. The van der Waals surface area contributed by atoms with Crippen LogP contribution < -0.4 is 15.4 Å². The highest BCUT2D eigenvalue weighted by Gasteiger charge is 2.34. The number of urea groups is 1. The molecule has 0 spiro atoms. The molecule has 2 amide bonds. The average molecular weight is 341 g/mol. The molecule has 6 heteroatoms. The number of rotatable bonds is 5. The SMILES string of the molecule is COc1ccc(C2(CNC(=O)Nc3ccccn3)CCOCC2)cc1. The highest BCUT2D eigenvalue weighted by Crippen LogP contribution is 2.35. The smallest absolute Gasteiger partial charge is 0.320 e. The Hall–Kier alpha value is -2.60.